The zero-order valence-corrected chi connectivity index (χ0v) is 14.0. The van der Waals surface area contributed by atoms with Crippen LogP contribution in [0.3, 0.4) is 0 Å². The van der Waals surface area contributed by atoms with Gasteiger partial charge >= 0.3 is 6.18 Å². The van der Waals surface area contributed by atoms with E-state index in [1.807, 2.05) is 40.2 Å². The van der Waals surface area contributed by atoms with E-state index in [1.165, 1.54) is 0 Å². The van der Waals surface area contributed by atoms with E-state index >= 15 is 0 Å². The van der Waals surface area contributed by atoms with Gasteiger partial charge in [-0.3, -0.25) is 9.69 Å². The number of fused-ring (bicyclic) bond motifs is 1. The van der Waals surface area contributed by atoms with Crippen LogP contribution in [0.5, 0.6) is 0 Å². The second kappa shape index (κ2) is 6.62. The fraction of sp³-hybridized carbons (Fsp3) is 0.294. The minimum Gasteiger partial charge on any atom is -0.338 e. The molecule has 0 atom stereocenters. The molecule has 1 N–H and O–H groups in total. The first kappa shape index (κ1) is 17.4. The van der Waals surface area contributed by atoms with Gasteiger partial charge in [-0.25, -0.2) is 4.98 Å². The van der Waals surface area contributed by atoms with Gasteiger partial charge in [0, 0.05) is 25.1 Å². The van der Waals surface area contributed by atoms with Gasteiger partial charge < -0.3 is 9.51 Å². The molecule has 27 heavy (non-hydrogen) atoms. The first-order valence-corrected chi connectivity index (χ1v) is 8.20. The summed E-state index contributed by atoms with van der Waals surface area (Å²) in [6, 6.07) is 9.32. The maximum atomic E-state index is 12.8. The van der Waals surface area contributed by atoms with Crippen LogP contribution in [0.25, 0.3) is 11.4 Å². The number of nitrogens with zero attached hydrogens (tertiary/aromatic N) is 4. The van der Waals surface area contributed by atoms with Crippen molar-refractivity contribution in [2.75, 3.05) is 6.54 Å². The van der Waals surface area contributed by atoms with Gasteiger partial charge in [-0.15, -0.1) is 0 Å². The quantitative estimate of drug-likeness (QED) is 0.754. The molecule has 1 aromatic carbocycles. The van der Waals surface area contributed by atoms with Crippen LogP contribution in [0.2, 0.25) is 0 Å². The third-order valence-electron chi connectivity index (χ3n) is 4.28. The molecule has 0 spiro atoms. The van der Waals surface area contributed by atoms with Gasteiger partial charge in [-0.2, -0.15) is 18.2 Å². The van der Waals surface area contributed by atoms with Crippen molar-refractivity contribution in [3.05, 3.63) is 63.7 Å². The third-order valence-corrected chi connectivity index (χ3v) is 4.28. The van der Waals surface area contributed by atoms with E-state index < -0.39 is 17.6 Å². The van der Waals surface area contributed by atoms with E-state index in [0.29, 0.717) is 24.8 Å². The lowest BCUT2D eigenvalue weighted by molar-refractivity contribution is -0.145. The Balaban J connectivity index is 1.51. The van der Waals surface area contributed by atoms with Crippen LogP contribution in [0.15, 0.2) is 39.6 Å². The second-order valence-electron chi connectivity index (χ2n) is 6.18. The summed E-state index contributed by atoms with van der Waals surface area (Å²) >= 11 is 0. The molecule has 1 aliphatic rings. The summed E-state index contributed by atoms with van der Waals surface area (Å²) < 4.78 is 43.6. The first-order chi connectivity index (χ1) is 12.9. The van der Waals surface area contributed by atoms with E-state index in [9.17, 15) is 18.0 Å². The molecule has 3 heterocycles. The number of H-pyrrole nitrogens is 1. The maximum Gasteiger partial charge on any atom is 0.449 e. The van der Waals surface area contributed by atoms with Gasteiger partial charge in [-0.05, 0) is 0 Å². The predicted octanol–water partition coefficient (Wildman–Crippen LogP) is 2.40. The Bertz CT molecular complexity index is 1010. The Hall–Kier alpha value is -3.01. The summed E-state index contributed by atoms with van der Waals surface area (Å²) in [5.41, 5.74) is 0.458. The second-order valence-corrected chi connectivity index (χ2v) is 6.18. The van der Waals surface area contributed by atoms with Crippen LogP contribution in [-0.4, -0.2) is 31.6 Å². The van der Waals surface area contributed by atoms with E-state index in [0.717, 1.165) is 5.56 Å². The molecule has 0 radical (unpaired) electrons. The molecule has 4 rings (SSSR count). The minimum absolute atomic E-state index is 0.166. The van der Waals surface area contributed by atoms with Crippen molar-refractivity contribution in [2.45, 2.75) is 25.7 Å². The molecule has 0 saturated heterocycles. The standard InChI is InChI=1S/C17H14F3N5O2/c18-17(19,20)16-21-12-6-7-25(8-11(12)15(26)23-16)9-13-22-14(24-27-13)10-4-2-1-3-5-10/h1-5H,6-9H2,(H,21,23,26). The molecule has 0 fully saturated rings. The van der Waals surface area contributed by atoms with Crippen molar-refractivity contribution in [1.82, 2.24) is 25.0 Å². The van der Waals surface area contributed by atoms with Gasteiger partial charge in [0.2, 0.25) is 17.5 Å². The summed E-state index contributed by atoms with van der Waals surface area (Å²) in [5, 5.41) is 3.93. The molecule has 10 heteroatoms. The SMILES string of the molecule is O=c1[nH]c(C(F)(F)F)nc2c1CN(Cc1nc(-c3ccccc3)no1)CC2. The van der Waals surface area contributed by atoms with Crippen LogP contribution in [0.4, 0.5) is 13.2 Å². The van der Waals surface area contributed by atoms with Gasteiger partial charge in [0.15, 0.2) is 0 Å². The average molecular weight is 377 g/mol. The fourth-order valence-electron chi connectivity index (χ4n) is 2.97. The lowest BCUT2D eigenvalue weighted by Crippen LogP contribution is -2.36. The van der Waals surface area contributed by atoms with Crippen LogP contribution in [0, 0.1) is 0 Å². The highest BCUT2D eigenvalue weighted by Gasteiger charge is 2.36. The lowest BCUT2D eigenvalue weighted by atomic mass is 10.1. The summed E-state index contributed by atoms with van der Waals surface area (Å²) in [6.45, 7) is 0.891. The van der Waals surface area contributed by atoms with E-state index in [1.54, 1.807) is 0 Å². The summed E-state index contributed by atoms with van der Waals surface area (Å²) in [7, 11) is 0. The van der Waals surface area contributed by atoms with Crippen molar-refractivity contribution < 1.29 is 17.7 Å². The molecule has 1 aliphatic heterocycles. The predicted molar refractivity (Wildman–Crippen MR) is 87.4 cm³/mol. The highest BCUT2D eigenvalue weighted by atomic mass is 19.4. The van der Waals surface area contributed by atoms with E-state index in [-0.39, 0.29) is 24.2 Å². The zero-order chi connectivity index (χ0) is 19.0. The number of rotatable bonds is 3. The summed E-state index contributed by atoms with van der Waals surface area (Å²) in [6.07, 6.45) is -4.44. The summed E-state index contributed by atoms with van der Waals surface area (Å²) in [5.74, 6) is -0.435. The molecule has 0 saturated carbocycles. The number of nitrogens with one attached hydrogen (secondary N) is 1. The summed E-state index contributed by atoms with van der Waals surface area (Å²) in [4.78, 5) is 23.6. The van der Waals surface area contributed by atoms with Crippen molar-refractivity contribution in [1.29, 1.82) is 0 Å². The van der Waals surface area contributed by atoms with Crippen molar-refractivity contribution in [3.63, 3.8) is 0 Å². The molecule has 2 aromatic heterocycles. The topological polar surface area (TPSA) is 87.9 Å². The van der Waals surface area contributed by atoms with Gasteiger partial charge in [0.25, 0.3) is 5.56 Å². The molecule has 0 aliphatic carbocycles. The van der Waals surface area contributed by atoms with E-state index in [2.05, 4.69) is 15.1 Å². The molecule has 140 valence electrons. The number of hydrogen-bond acceptors (Lipinski definition) is 6. The molecule has 0 unspecified atom stereocenters. The number of aromatic amines is 1. The van der Waals surface area contributed by atoms with E-state index in [4.69, 9.17) is 4.52 Å². The highest BCUT2D eigenvalue weighted by Crippen LogP contribution is 2.26. The maximum absolute atomic E-state index is 12.8. The number of benzene rings is 1. The lowest BCUT2D eigenvalue weighted by Gasteiger charge is -2.26. The Morgan fingerprint density at radius 1 is 1.19 bits per heavy atom. The number of alkyl halides is 3. The van der Waals surface area contributed by atoms with Crippen molar-refractivity contribution >= 4 is 0 Å². The third kappa shape index (κ3) is 3.61. The number of hydrogen-bond donors (Lipinski definition) is 1. The van der Waals surface area contributed by atoms with Crippen molar-refractivity contribution in [2.24, 2.45) is 0 Å². The molecule has 0 bridgehead atoms. The van der Waals surface area contributed by atoms with Gasteiger partial charge in [0.05, 0.1) is 17.8 Å². The normalized spacial score (nSPS) is 14.9. The monoisotopic (exact) mass is 377 g/mol. The Labute approximate surface area is 150 Å². The first-order valence-electron chi connectivity index (χ1n) is 8.20. The Morgan fingerprint density at radius 2 is 1.96 bits per heavy atom. The molecular weight excluding hydrogens is 363 g/mol. The van der Waals surface area contributed by atoms with Crippen LogP contribution >= 0.6 is 0 Å². The van der Waals surface area contributed by atoms with Gasteiger partial charge in [-0.1, -0.05) is 35.5 Å². The smallest absolute Gasteiger partial charge is 0.338 e. The largest absolute Gasteiger partial charge is 0.449 e. The molecule has 0 amide bonds. The molecule has 7 nitrogen and oxygen atoms in total. The Morgan fingerprint density at radius 3 is 2.70 bits per heavy atom. The number of halogens is 3. The van der Waals surface area contributed by atoms with Gasteiger partial charge in [0.1, 0.15) is 0 Å². The highest BCUT2D eigenvalue weighted by molar-refractivity contribution is 5.53. The van der Waals surface area contributed by atoms with Crippen molar-refractivity contribution in [3.8, 4) is 11.4 Å². The Kier molecular flexibility index (Phi) is 4.27. The van der Waals surface area contributed by atoms with Crippen LogP contribution in [0.1, 0.15) is 23.0 Å². The van der Waals surface area contributed by atoms with Crippen LogP contribution in [-0.2, 0) is 25.7 Å². The van der Waals surface area contributed by atoms with Crippen LogP contribution < -0.4 is 5.56 Å². The fourth-order valence-corrected chi connectivity index (χ4v) is 2.97. The average Bonchev–Trinajstić information content (AvgIpc) is 3.10. The molecule has 3 aromatic rings. The number of aromatic nitrogens is 4. The molecular formula is C17H14F3N5O2. The minimum atomic E-state index is -4.68. The zero-order valence-electron chi connectivity index (χ0n) is 14.0.